The van der Waals surface area contributed by atoms with Crippen LogP contribution in [0.15, 0.2) is 71.6 Å². The summed E-state index contributed by atoms with van der Waals surface area (Å²) in [6, 6.07) is 17.3. The second-order valence-corrected chi connectivity index (χ2v) is 12.3. The number of unbranched alkanes of at least 4 members (excludes halogenated alkanes) is 1. The summed E-state index contributed by atoms with van der Waals surface area (Å²) in [5.41, 5.74) is 1.86. The molecule has 43 heavy (non-hydrogen) atoms. The third kappa shape index (κ3) is 8.42. The molecule has 0 radical (unpaired) electrons. The van der Waals surface area contributed by atoms with Gasteiger partial charge in [-0.25, -0.2) is 8.42 Å². The number of carbonyl (C=O) groups is 2. The van der Waals surface area contributed by atoms with Crippen LogP contribution in [0.25, 0.3) is 0 Å². The summed E-state index contributed by atoms with van der Waals surface area (Å²) in [6.07, 6.45) is 2.02. The second kappa shape index (κ2) is 15.6. The summed E-state index contributed by atoms with van der Waals surface area (Å²) in [6.45, 7) is 5.67. The average Bonchev–Trinajstić information content (AvgIpc) is 3.00. The number of nitrogens with one attached hydrogen (secondary N) is 1. The highest BCUT2D eigenvalue weighted by atomic mass is 35.5. The van der Waals surface area contributed by atoms with Gasteiger partial charge < -0.3 is 19.7 Å². The summed E-state index contributed by atoms with van der Waals surface area (Å²) in [7, 11) is -1.41. The van der Waals surface area contributed by atoms with Crippen LogP contribution in [0.2, 0.25) is 5.02 Å². The number of ether oxygens (including phenoxy) is 2. The molecule has 3 aromatic carbocycles. The zero-order valence-corrected chi connectivity index (χ0v) is 26.9. The zero-order valence-electron chi connectivity index (χ0n) is 25.3. The van der Waals surface area contributed by atoms with E-state index in [-0.39, 0.29) is 23.1 Å². The standard InChI is InChI=1S/C32H40ClN3O6S/c1-6-8-19-34-32(38)28(7-2)35(21-24-11-9-10-12-27(24)33)31(37)22-36(25-15-13-23(3)14-16-25)43(39,40)26-17-18-29(41-4)30(20-26)42-5/h9-18,20,28H,6-8,19,21-22H2,1-5H3,(H,34,38). The monoisotopic (exact) mass is 629 g/mol. The highest BCUT2D eigenvalue weighted by molar-refractivity contribution is 7.92. The molecule has 3 rings (SSSR count). The molecule has 0 aromatic heterocycles. The normalized spacial score (nSPS) is 11.9. The first-order valence-electron chi connectivity index (χ1n) is 14.2. The van der Waals surface area contributed by atoms with Gasteiger partial charge in [0.2, 0.25) is 11.8 Å². The van der Waals surface area contributed by atoms with Gasteiger partial charge in [0.05, 0.1) is 24.8 Å². The Morgan fingerprint density at radius 2 is 1.63 bits per heavy atom. The summed E-state index contributed by atoms with van der Waals surface area (Å²) in [5, 5.41) is 3.36. The fraction of sp³-hybridized carbons (Fsp3) is 0.375. The Labute approximate surface area is 259 Å². The Kier molecular flexibility index (Phi) is 12.3. The van der Waals surface area contributed by atoms with Crippen molar-refractivity contribution in [2.45, 2.75) is 57.5 Å². The first-order valence-corrected chi connectivity index (χ1v) is 16.0. The van der Waals surface area contributed by atoms with Crippen LogP contribution >= 0.6 is 11.6 Å². The molecule has 0 aliphatic rings. The maximum Gasteiger partial charge on any atom is 0.264 e. The van der Waals surface area contributed by atoms with Crippen molar-refractivity contribution in [3.63, 3.8) is 0 Å². The molecule has 3 aromatic rings. The molecule has 0 saturated carbocycles. The summed E-state index contributed by atoms with van der Waals surface area (Å²) < 4.78 is 40.0. The summed E-state index contributed by atoms with van der Waals surface area (Å²) in [5.74, 6) is -0.262. The van der Waals surface area contributed by atoms with Gasteiger partial charge >= 0.3 is 0 Å². The minimum absolute atomic E-state index is 0.0242. The highest BCUT2D eigenvalue weighted by Crippen LogP contribution is 2.32. The van der Waals surface area contributed by atoms with E-state index < -0.39 is 28.5 Å². The largest absolute Gasteiger partial charge is 0.493 e. The predicted molar refractivity (Wildman–Crippen MR) is 169 cm³/mol. The van der Waals surface area contributed by atoms with Gasteiger partial charge in [0, 0.05) is 24.2 Å². The van der Waals surface area contributed by atoms with Crippen LogP contribution in [0.5, 0.6) is 11.5 Å². The fourth-order valence-electron chi connectivity index (χ4n) is 4.58. The van der Waals surface area contributed by atoms with E-state index in [9.17, 15) is 18.0 Å². The minimum atomic E-state index is -4.28. The number of hydrogen-bond donors (Lipinski definition) is 1. The van der Waals surface area contributed by atoms with Crippen molar-refractivity contribution in [2.75, 3.05) is 31.6 Å². The number of nitrogens with zero attached hydrogens (tertiary/aromatic N) is 2. The first-order chi connectivity index (χ1) is 20.6. The smallest absolute Gasteiger partial charge is 0.264 e. The van der Waals surface area contributed by atoms with E-state index >= 15 is 0 Å². The van der Waals surface area contributed by atoms with Crippen LogP contribution in [0.1, 0.15) is 44.2 Å². The summed E-state index contributed by atoms with van der Waals surface area (Å²) in [4.78, 5) is 28.8. The van der Waals surface area contributed by atoms with E-state index in [4.69, 9.17) is 21.1 Å². The molecular formula is C32H40ClN3O6S. The Hall–Kier alpha value is -3.76. The van der Waals surface area contributed by atoms with Gasteiger partial charge in [-0.2, -0.15) is 0 Å². The molecule has 0 spiro atoms. The number of sulfonamides is 1. The molecule has 0 aliphatic carbocycles. The molecule has 0 bridgehead atoms. The molecule has 2 amide bonds. The molecule has 0 fully saturated rings. The topological polar surface area (TPSA) is 105 Å². The Morgan fingerprint density at radius 1 is 0.953 bits per heavy atom. The van der Waals surface area contributed by atoms with Crippen LogP contribution in [-0.2, 0) is 26.2 Å². The van der Waals surface area contributed by atoms with Crippen LogP contribution in [0.3, 0.4) is 0 Å². The fourth-order valence-corrected chi connectivity index (χ4v) is 6.21. The quantitative estimate of drug-likeness (QED) is 0.220. The molecule has 232 valence electrons. The van der Waals surface area contributed by atoms with E-state index in [1.54, 1.807) is 48.5 Å². The van der Waals surface area contributed by atoms with Crippen molar-refractivity contribution in [1.82, 2.24) is 10.2 Å². The van der Waals surface area contributed by atoms with Gasteiger partial charge in [0.15, 0.2) is 11.5 Å². The first kappa shape index (κ1) is 33.7. The molecule has 9 nitrogen and oxygen atoms in total. The highest BCUT2D eigenvalue weighted by Gasteiger charge is 2.34. The lowest BCUT2D eigenvalue weighted by molar-refractivity contribution is -0.140. The number of amides is 2. The lowest BCUT2D eigenvalue weighted by Gasteiger charge is -2.33. The van der Waals surface area contributed by atoms with Gasteiger partial charge in [0.1, 0.15) is 12.6 Å². The van der Waals surface area contributed by atoms with Crippen molar-refractivity contribution >= 4 is 39.1 Å². The molecule has 11 heteroatoms. The Bertz CT molecular complexity index is 1500. The van der Waals surface area contributed by atoms with Crippen molar-refractivity contribution in [3.8, 4) is 11.5 Å². The van der Waals surface area contributed by atoms with Gasteiger partial charge in [-0.1, -0.05) is 67.8 Å². The number of carbonyl (C=O) groups excluding carboxylic acids is 2. The number of hydrogen-bond acceptors (Lipinski definition) is 6. The number of halogens is 1. The van der Waals surface area contributed by atoms with E-state index in [1.165, 1.54) is 37.3 Å². The third-order valence-corrected chi connectivity index (χ3v) is 9.20. The molecular weight excluding hydrogens is 590 g/mol. The second-order valence-electron chi connectivity index (χ2n) is 10.0. The van der Waals surface area contributed by atoms with Gasteiger partial charge in [-0.15, -0.1) is 0 Å². The van der Waals surface area contributed by atoms with Crippen molar-refractivity contribution in [1.29, 1.82) is 0 Å². The van der Waals surface area contributed by atoms with E-state index in [2.05, 4.69) is 5.32 Å². The number of methoxy groups -OCH3 is 2. The molecule has 0 saturated heterocycles. The lowest BCUT2D eigenvalue weighted by Crippen LogP contribution is -2.52. The van der Waals surface area contributed by atoms with Crippen molar-refractivity contribution in [3.05, 3.63) is 82.9 Å². The molecule has 0 heterocycles. The molecule has 1 atom stereocenters. The van der Waals surface area contributed by atoms with E-state index in [1.807, 2.05) is 20.8 Å². The molecule has 1 unspecified atom stereocenters. The van der Waals surface area contributed by atoms with E-state index in [0.29, 0.717) is 35.0 Å². The SMILES string of the molecule is CCCCNC(=O)C(CC)N(Cc1ccccc1Cl)C(=O)CN(c1ccc(C)cc1)S(=O)(=O)c1ccc(OC)c(OC)c1. The van der Waals surface area contributed by atoms with Crippen molar-refractivity contribution < 1.29 is 27.5 Å². The average molecular weight is 630 g/mol. The molecule has 0 aliphatic heterocycles. The Morgan fingerprint density at radius 3 is 2.23 bits per heavy atom. The van der Waals surface area contributed by atoms with E-state index in [0.717, 1.165) is 22.7 Å². The maximum atomic E-state index is 14.2. The van der Waals surface area contributed by atoms with Crippen LogP contribution in [0.4, 0.5) is 5.69 Å². The minimum Gasteiger partial charge on any atom is -0.493 e. The Balaban J connectivity index is 2.08. The lowest BCUT2D eigenvalue weighted by atomic mass is 10.1. The number of aryl methyl sites for hydroxylation is 1. The van der Waals surface area contributed by atoms with Crippen LogP contribution in [0, 0.1) is 6.92 Å². The number of rotatable bonds is 15. The molecule has 1 N–H and O–H groups in total. The van der Waals surface area contributed by atoms with Gasteiger partial charge in [0.25, 0.3) is 10.0 Å². The summed E-state index contributed by atoms with van der Waals surface area (Å²) >= 11 is 6.46. The maximum absolute atomic E-state index is 14.2. The predicted octanol–water partition coefficient (Wildman–Crippen LogP) is 5.58. The zero-order chi connectivity index (χ0) is 31.6. The van der Waals surface area contributed by atoms with Gasteiger partial charge in [-0.05, 0) is 55.7 Å². The third-order valence-electron chi connectivity index (χ3n) is 7.06. The van der Waals surface area contributed by atoms with Crippen LogP contribution in [-0.4, -0.2) is 58.5 Å². The van der Waals surface area contributed by atoms with Crippen LogP contribution < -0.4 is 19.1 Å². The van der Waals surface area contributed by atoms with Gasteiger partial charge in [-0.3, -0.25) is 13.9 Å². The number of benzene rings is 3. The van der Waals surface area contributed by atoms with Crippen molar-refractivity contribution in [2.24, 2.45) is 0 Å². The number of anilines is 1.